The van der Waals surface area contributed by atoms with Crippen molar-refractivity contribution in [3.05, 3.63) is 59.0 Å². The van der Waals surface area contributed by atoms with Gasteiger partial charge in [-0.2, -0.15) is 0 Å². The van der Waals surface area contributed by atoms with Gasteiger partial charge in [-0.25, -0.2) is 4.79 Å². The van der Waals surface area contributed by atoms with Crippen LogP contribution in [-0.4, -0.2) is 21.9 Å². The Kier molecular flexibility index (Phi) is 2.59. The molecule has 0 spiro atoms. The lowest BCUT2D eigenvalue weighted by Gasteiger charge is -2.13. The van der Waals surface area contributed by atoms with Crippen LogP contribution in [0, 0.1) is 0 Å². The topological polar surface area (TPSA) is 70.8 Å². The van der Waals surface area contributed by atoms with Crippen molar-refractivity contribution in [1.29, 1.82) is 0 Å². The van der Waals surface area contributed by atoms with Crippen molar-refractivity contribution < 1.29 is 19.1 Å². The minimum Gasteiger partial charge on any atom is -0.478 e. The fraction of sp³-hybridized carbons (Fsp3) is 0.143. The predicted molar refractivity (Wildman–Crippen MR) is 65.7 cm³/mol. The molecule has 5 nitrogen and oxygen atoms in total. The Hall–Kier alpha value is -2.56. The first kappa shape index (κ1) is 11.5. The summed E-state index contributed by atoms with van der Waals surface area (Å²) in [6, 6.07) is 8.87. The van der Waals surface area contributed by atoms with Gasteiger partial charge in [0, 0.05) is 12.1 Å². The van der Waals surface area contributed by atoms with Gasteiger partial charge in [0.25, 0.3) is 5.91 Å². The maximum absolute atomic E-state index is 12.1. The van der Waals surface area contributed by atoms with Crippen LogP contribution in [0.2, 0.25) is 0 Å². The Morgan fingerprint density at radius 3 is 2.84 bits per heavy atom. The third-order valence-corrected chi connectivity index (χ3v) is 3.14. The number of carbonyl (C=O) groups is 2. The molecule has 1 aliphatic rings. The van der Waals surface area contributed by atoms with Gasteiger partial charge in [0.15, 0.2) is 0 Å². The number of hydrogen-bond donors (Lipinski definition) is 1. The largest absolute Gasteiger partial charge is 0.478 e. The zero-order valence-electron chi connectivity index (χ0n) is 10.00. The van der Waals surface area contributed by atoms with E-state index in [2.05, 4.69) is 0 Å². The molecule has 19 heavy (non-hydrogen) atoms. The molecule has 0 atom stereocenters. The average Bonchev–Trinajstić information content (AvgIpc) is 2.97. The van der Waals surface area contributed by atoms with Crippen molar-refractivity contribution >= 4 is 11.9 Å². The van der Waals surface area contributed by atoms with Crippen molar-refractivity contribution in [2.45, 2.75) is 13.1 Å². The first-order valence-electron chi connectivity index (χ1n) is 5.83. The van der Waals surface area contributed by atoms with Gasteiger partial charge in [0.2, 0.25) is 0 Å². The first-order valence-corrected chi connectivity index (χ1v) is 5.83. The fourth-order valence-electron chi connectivity index (χ4n) is 2.21. The van der Waals surface area contributed by atoms with E-state index in [1.54, 1.807) is 11.0 Å². The number of rotatable bonds is 3. The minimum absolute atomic E-state index is 0.0520. The van der Waals surface area contributed by atoms with Gasteiger partial charge in [-0.3, -0.25) is 4.79 Å². The second kappa shape index (κ2) is 4.28. The Balaban J connectivity index is 1.79. The Morgan fingerprint density at radius 2 is 2.16 bits per heavy atom. The summed E-state index contributed by atoms with van der Waals surface area (Å²) in [6.45, 7) is 0.804. The number of carbonyl (C=O) groups excluding carboxylic acids is 1. The van der Waals surface area contributed by atoms with Crippen LogP contribution in [-0.2, 0) is 13.1 Å². The summed E-state index contributed by atoms with van der Waals surface area (Å²) in [4.78, 5) is 24.5. The van der Waals surface area contributed by atoms with Crippen molar-refractivity contribution in [2.24, 2.45) is 0 Å². The molecule has 0 bridgehead atoms. The van der Waals surface area contributed by atoms with E-state index in [1.807, 2.05) is 18.2 Å². The van der Waals surface area contributed by atoms with Crippen molar-refractivity contribution in [3.8, 4) is 0 Å². The lowest BCUT2D eigenvalue weighted by Crippen LogP contribution is -2.22. The van der Waals surface area contributed by atoms with Gasteiger partial charge >= 0.3 is 5.97 Å². The monoisotopic (exact) mass is 257 g/mol. The van der Waals surface area contributed by atoms with Crippen LogP contribution >= 0.6 is 0 Å². The summed E-state index contributed by atoms with van der Waals surface area (Å²) in [5, 5.41) is 8.81. The van der Waals surface area contributed by atoms with Crippen molar-refractivity contribution in [2.75, 3.05) is 0 Å². The van der Waals surface area contributed by atoms with Gasteiger partial charge < -0.3 is 14.4 Å². The lowest BCUT2D eigenvalue weighted by atomic mass is 10.1. The average molecular weight is 257 g/mol. The van der Waals surface area contributed by atoms with E-state index in [9.17, 15) is 9.59 Å². The SMILES string of the molecule is O=C(O)c1coc(CN2Cc3ccccc3C2=O)c1. The van der Waals surface area contributed by atoms with E-state index >= 15 is 0 Å². The normalized spacial score (nSPS) is 13.7. The van der Waals surface area contributed by atoms with E-state index < -0.39 is 5.97 Å². The molecule has 2 heterocycles. The summed E-state index contributed by atoms with van der Waals surface area (Å²) in [7, 11) is 0. The number of hydrogen-bond acceptors (Lipinski definition) is 3. The van der Waals surface area contributed by atoms with Gasteiger partial charge in [-0.05, 0) is 17.7 Å². The van der Waals surface area contributed by atoms with Crippen LogP contribution in [0.4, 0.5) is 0 Å². The molecule has 0 aliphatic carbocycles. The third-order valence-electron chi connectivity index (χ3n) is 3.14. The van der Waals surface area contributed by atoms with E-state index in [4.69, 9.17) is 9.52 Å². The molecular formula is C14H11NO4. The molecule has 0 fully saturated rings. The van der Waals surface area contributed by atoms with Gasteiger partial charge in [0.05, 0.1) is 12.1 Å². The molecule has 1 aromatic heterocycles. The van der Waals surface area contributed by atoms with Crippen LogP contribution in [0.1, 0.15) is 32.0 Å². The van der Waals surface area contributed by atoms with E-state index in [-0.39, 0.29) is 18.0 Å². The van der Waals surface area contributed by atoms with Crippen LogP contribution in [0.3, 0.4) is 0 Å². The fourth-order valence-corrected chi connectivity index (χ4v) is 2.21. The lowest BCUT2D eigenvalue weighted by molar-refractivity contribution is 0.0695. The highest BCUT2D eigenvalue weighted by Gasteiger charge is 2.27. The van der Waals surface area contributed by atoms with Crippen LogP contribution in [0.15, 0.2) is 41.0 Å². The molecule has 96 valence electrons. The quantitative estimate of drug-likeness (QED) is 0.914. The molecule has 2 aromatic rings. The Bertz CT molecular complexity index is 659. The molecule has 1 N–H and O–H groups in total. The molecule has 1 aromatic carbocycles. The number of fused-ring (bicyclic) bond motifs is 1. The Morgan fingerprint density at radius 1 is 1.37 bits per heavy atom. The molecule has 1 aliphatic heterocycles. The van der Waals surface area contributed by atoms with E-state index in [0.29, 0.717) is 17.9 Å². The van der Waals surface area contributed by atoms with E-state index in [0.717, 1.165) is 5.56 Å². The van der Waals surface area contributed by atoms with Crippen molar-refractivity contribution in [3.63, 3.8) is 0 Å². The molecule has 0 saturated carbocycles. The smallest absolute Gasteiger partial charge is 0.338 e. The van der Waals surface area contributed by atoms with Gasteiger partial charge in [0.1, 0.15) is 12.0 Å². The highest BCUT2D eigenvalue weighted by Crippen LogP contribution is 2.24. The molecular weight excluding hydrogens is 246 g/mol. The number of benzene rings is 1. The first-order chi connectivity index (χ1) is 9.15. The van der Waals surface area contributed by atoms with Crippen LogP contribution in [0.5, 0.6) is 0 Å². The number of nitrogens with zero attached hydrogens (tertiary/aromatic N) is 1. The molecule has 0 saturated heterocycles. The molecule has 0 unspecified atom stereocenters. The number of carboxylic acids is 1. The molecule has 1 amide bonds. The summed E-state index contributed by atoms with van der Waals surface area (Å²) in [5.41, 5.74) is 1.78. The minimum atomic E-state index is -1.04. The maximum atomic E-state index is 12.1. The van der Waals surface area contributed by atoms with Crippen LogP contribution < -0.4 is 0 Å². The zero-order valence-corrected chi connectivity index (χ0v) is 10.00. The number of amides is 1. The standard InChI is InChI=1S/C14H11NO4/c16-13-12-4-2-1-3-9(12)6-15(13)7-11-5-10(8-19-11)14(17)18/h1-5,8H,6-7H2,(H,17,18). The number of aromatic carboxylic acids is 1. The third kappa shape index (κ3) is 1.99. The second-order valence-corrected chi connectivity index (χ2v) is 4.43. The molecule has 0 radical (unpaired) electrons. The Labute approximate surface area is 109 Å². The number of carboxylic acid groups (broad SMARTS) is 1. The van der Waals surface area contributed by atoms with Crippen LogP contribution in [0.25, 0.3) is 0 Å². The van der Waals surface area contributed by atoms with Gasteiger partial charge in [-0.15, -0.1) is 0 Å². The van der Waals surface area contributed by atoms with E-state index in [1.165, 1.54) is 12.3 Å². The molecule has 3 rings (SSSR count). The zero-order chi connectivity index (χ0) is 13.4. The molecule has 5 heteroatoms. The summed E-state index contributed by atoms with van der Waals surface area (Å²) in [6.07, 6.45) is 1.19. The maximum Gasteiger partial charge on any atom is 0.338 e. The highest BCUT2D eigenvalue weighted by atomic mass is 16.4. The van der Waals surface area contributed by atoms with Crippen molar-refractivity contribution in [1.82, 2.24) is 4.90 Å². The summed E-state index contributed by atoms with van der Waals surface area (Å²) < 4.78 is 5.16. The highest BCUT2D eigenvalue weighted by molar-refractivity contribution is 5.98. The summed E-state index contributed by atoms with van der Waals surface area (Å²) >= 11 is 0. The predicted octanol–water partition coefficient (Wildman–Crippen LogP) is 2.13. The van der Waals surface area contributed by atoms with Gasteiger partial charge in [-0.1, -0.05) is 18.2 Å². The number of furan rings is 1. The second-order valence-electron chi connectivity index (χ2n) is 4.43. The summed E-state index contributed by atoms with van der Waals surface area (Å²) in [5.74, 6) is -0.617.